The van der Waals surface area contributed by atoms with E-state index < -0.39 is 11.7 Å². The molecule has 0 aliphatic heterocycles. The van der Waals surface area contributed by atoms with E-state index in [9.17, 15) is 13.2 Å². The second-order valence-corrected chi connectivity index (χ2v) is 4.94. The summed E-state index contributed by atoms with van der Waals surface area (Å²) in [4.78, 5) is 3.62. The van der Waals surface area contributed by atoms with E-state index in [4.69, 9.17) is 21.1 Å². The van der Waals surface area contributed by atoms with E-state index in [0.29, 0.717) is 23.3 Å². The highest BCUT2D eigenvalue weighted by molar-refractivity contribution is 6.32. The second kappa shape index (κ2) is 7.39. The minimum Gasteiger partial charge on any atom is -0.497 e. The number of hydrazone groups is 1. The molecule has 0 saturated heterocycles. The van der Waals surface area contributed by atoms with Crippen LogP contribution in [0.3, 0.4) is 0 Å². The molecule has 1 aromatic heterocycles. The van der Waals surface area contributed by atoms with Crippen LogP contribution in [0.5, 0.6) is 11.5 Å². The summed E-state index contributed by atoms with van der Waals surface area (Å²) >= 11 is 5.78. The number of benzene rings is 1. The Morgan fingerprint density at radius 2 is 1.96 bits per heavy atom. The van der Waals surface area contributed by atoms with Crippen LogP contribution in [0.15, 0.2) is 35.6 Å². The van der Waals surface area contributed by atoms with Crippen molar-refractivity contribution in [2.75, 3.05) is 19.6 Å². The number of rotatable bonds is 5. The predicted molar refractivity (Wildman–Crippen MR) is 85.0 cm³/mol. The zero-order valence-electron chi connectivity index (χ0n) is 12.7. The van der Waals surface area contributed by atoms with Crippen molar-refractivity contribution < 1.29 is 22.6 Å². The molecule has 0 fully saturated rings. The number of nitrogens with zero attached hydrogens (tertiary/aromatic N) is 2. The Morgan fingerprint density at radius 3 is 2.54 bits per heavy atom. The number of aromatic nitrogens is 1. The number of ether oxygens (including phenoxy) is 2. The molecular weight excluding hydrogens is 347 g/mol. The van der Waals surface area contributed by atoms with Gasteiger partial charge in [0.1, 0.15) is 11.5 Å². The predicted octanol–water partition coefficient (Wildman–Crippen LogP) is 4.22. The minimum atomic E-state index is -4.51. The summed E-state index contributed by atoms with van der Waals surface area (Å²) in [5, 5.41) is 3.71. The van der Waals surface area contributed by atoms with Gasteiger partial charge in [0.15, 0.2) is 5.82 Å². The largest absolute Gasteiger partial charge is 0.497 e. The average molecular weight is 360 g/mol. The van der Waals surface area contributed by atoms with Gasteiger partial charge < -0.3 is 9.47 Å². The third kappa shape index (κ3) is 4.29. The Labute approximate surface area is 141 Å². The smallest absolute Gasteiger partial charge is 0.417 e. The molecule has 9 heteroatoms. The standard InChI is InChI=1S/C15H13ClF3N3O2/c1-23-11-4-3-9(13(6-11)24-2)7-21-22-14-12(16)5-10(8-20-14)15(17,18)19/h3-8H,1-2H3,(H,20,22)/b21-7-. The van der Waals surface area contributed by atoms with Gasteiger partial charge in [0.2, 0.25) is 0 Å². The Bertz CT molecular complexity index is 751. The van der Waals surface area contributed by atoms with Crippen LogP contribution in [0.4, 0.5) is 19.0 Å². The highest BCUT2D eigenvalue weighted by Gasteiger charge is 2.31. The fraction of sp³-hybridized carbons (Fsp3) is 0.200. The number of nitrogens with one attached hydrogen (secondary N) is 1. The van der Waals surface area contributed by atoms with Crippen LogP contribution in [-0.4, -0.2) is 25.4 Å². The van der Waals surface area contributed by atoms with E-state index in [0.717, 1.165) is 6.07 Å². The van der Waals surface area contributed by atoms with Crippen LogP contribution in [0, 0.1) is 0 Å². The molecule has 0 bridgehead atoms. The minimum absolute atomic E-state index is 0.00777. The number of methoxy groups -OCH3 is 2. The zero-order chi connectivity index (χ0) is 17.7. The van der Waals surface area contributed by atoms with Crippen molar-refractivity contribution in [1.82, 2.24) is 4.98 Å². The number of hydrogen-bond acceptors (Lipinski definition) is 5. The van der Waals surface area contributed by atoms with Crippen LogP contribution >= 0.6 is 11.6 Å². The molecule has 24 heavy (non-hydrogen) atoms. The number of pyridine rings is 1. The first kappa shape index (κ1) is 17.9. The molecule has 2 rings (SSSR count). The van der Waals surface area contributed by atoms with Crippen molar-refractivity contribution in [3.63, 3.8) is 0 Å². The molecule has 1 aromatic carbocycles. The van der Waals surface area contributed by atoms with Crippen molar-refractivity contribution in [3.05, 3.63) is 46.6 Å². The van der Waals surface area contributed by atoms with E-state index in [-0.39, 0.29) is 10.8 Å². The number of anilines is 1. The molecule has 0 radical (unpaired) electrons. The Hall–Kier alpha value is -2.48. The Morgan fingerprint density at radius 1 is 1.21 bits per heavy atom. The van der Waals surface area contributed by atoms with Crippen molar-refractivity contribution in [1.29, 1.82) is 0 Å². The molecule has 1 N–H and O–H groups in total. The lowest BCUT2D eigenvalue weighted by molar-refractivity contribution is -0.137. The molecule has 0 unspecified atom stereocenters. The van der Waals surface area contributed by atoms with Gasteiger partial charge in [0.25, 0.3) is 0 Å². The van der Waals surface area contributed by atoms with Gasteiger partial charge in [-0.25, -0.2) is 4.98 Å². The zero-order valence-corrected chi connectivity index (χ0v) is 13.4. The molecule has 5 nitrogen and oxygen atoms in total. The number of hydrogen-bond donors (Lipinski definition) is 1. The van der Waals surface area contributed by atoms with E-state index in [2.05, 4.69) is 15.5 Å². The van der Waals surface area contributed by atoms with Gasteiger partial charge in [-0.3, -0.25) is 5.43 Å². The first-order valence-electron chi connectivity index (χ1n) is 6.59. The molecule has 0 spiro atoms. The fourth-order valence-electron chi connectivity index (χ4n) is 1.76. The van der Waals surface area contributed by atoms with E-state index in [1.165, 1.54) is 20.4 Å². The fourth-order valence-corrected chi connectivity index (χ4v) is 1.97. The van der Waals surface area contributed by atoms with Gasteiger partial charge in [0.05, 0.1) is 31.0 Å². The lowest BCUT2D eigenvalue weighted by Gasteiger charge is -2.09. The summed E-state index contributed by atoms with van der Waals surface area (Å²) in [5.74, 6) is 1.14. The lowest BCUT2D eigenvalue weighted by Crippen LogP contribution is -2.06. The molecule has 0 atom stereocenters. The van der Waals surface area contributed by atoms with Gasteiger partial charge >= 0.3 is 6.18 Å². The van der Waals surface area contributed by atoms with Crippen LogP contribution < -0.4 is 14.9 Å². The highest BCUT2D eigenvalue weighted by Crippen LogP contribution is 2.32. The molecular formula is C15H13ClF3N3O2. The summed E-state index contributed by atoms with van der Waals surface area (Å²) in [6.45, 7) is 0. The van der Waals surface area contributed by atoms with Crippen molar-refractivity contribution in [2.45, 2.75) is 6.18 Å². The van der Waals surface area contributed by atoms with Crippen molar-refractivity contribution >= 4 is 23.6 Å². The maximum Gasteiger partial charge on any atom is 0.417 e. The Balaban J connectivity index is 2.15. The van der Waals surface area contributed by atoms with E-state index in [1.54, 1.807) is 18.2 Å². The van der Waals surface area contributed by atoms with Crippen LogP contribution in [0.1, 0.15) is 11.1 Å². The third-order valence-electron chi connectivity index (χ3n) is 2.98. The summed E-state index contributed by atoms with van der Waals surface area (Å²) in [6.07, 6.45) is -2.40. The number of halogens is 4. The first-order chi connectivity index (χ1) is 11.3. The van der Waals surface area contributed by atoms with Crippen LogP contribution in [-0.2, 0) is 6.18 Å². The maximum atomic E-state index is 12.5. The van der Waals surface area contributed by atoms with Crippen LogP contribution in [0.25, 0.3) is 0 Å². The molecule has 0 aliphatic carbocycles. The normalized spacial score (nSPS) is 11.6. The van der Waals surface area contributed by atoms with Gasteiger partial charge in [-0.15, -0.1) is 0 Å². The van der Waals surface area contributed by atoms with Gasteiger partial charge in [-0.05, 0) is 18.2 Å². The molecule has 0 aliphatic rings. The second-order valence-electron chi connectivity index (χ2n) is 4.53. The summed E-state index contributed by atoms with van der Waals surface area (Å²) in [7, 11) is 3.02. The topological polar surface area (TPSA) is 55.7 Å². The summed E-state index contributed by atoms with van der Waals surface area (Å²) in [5.41, 5.74) is 2.19. The van der Waals surface area contributed by atoms with Gasteiger partial charge in [0, 0.05) is 17.8 Å². The van der Waals surface area contributed by atoms with E-state index >= 15 is 0 Å². The quantitative estimate of drug-likeness (QED) is 0.641. The number of alkyl halides is 3. The SMILES string of the molecule is COc1ccc(/C=N\Nc2ncc(C(F)(F)F)cc2Cl)c(OC)c1. The molecule has 128 valence electrons. The van der Waals surface area contributed by atoms with Crippen molar-refractivity contribution in [2.24, 2.45) is 5.10 Å². The third-order valence-corrected chi connectivity index (χ3v) is 3.27. The molecule has 1 heterocycles. The van der Waals surface area contributed by atoms with Crippen LogP contribution in [0.2, 0.25) is 5.02 Å². The maximum absolute atomic E-state index is 12.5. The van der Waals surface area contributed by atoms with Gasteiger partial charge in [-0.2, -0.15) is 18.3 Å². The lowest BCUT2D eigenvalue weighted by atomic mass is 10.2. The monoisotopic (exact) mass is 359 g/mol. The molecule has 2 aromatic rings. The molecule has 0 amide bonds. The van der Waals surface area contributed by atoms with E-state index in [1.807, 2.05) is 0 Å². The highest BCUT2D eigenvalue weighted by atomic mass is 35.5. The first-order valence-corrected chi connectivity index (χ1v) is 6.96. The Kier molecular flexibility index (Phi) is 5.50. The van der Waals surface area contributed by atoms with Crippen molar-refractivity contribution in [3.8, 4) is 11.5 Å². The summed E-state index contributed by atoms with van der Waals surface area (Å²) in [6, 6.07) is 5.88. The van der Waals surface area contributed by atoms with Gasteiger partial charge in [-0.1, -0.05) is 11.6 Å². The average Bonchev–Trinajstić information content (AvgIpc) is 2.55. The summed E-state index contributed by atoms with van der Waals surface area (Å²) < 4.78 is 47.9. The molecule has 0 saturated carbocycles.